The summed E-state index contributed by atoms with van der Waals surface area (Å²) in [7, 11) is 1.41. The molecule has 0 N–H and O–H groups in total. The highest BCUT2D eigenvalue weighted by molar-refractivity contribution is 14.1. The maximum absolute atomic E-state index is 12.0. The summed E-state index contributed by atoms with van der Waals surface area (Å²) in [5.41, 5.74) is 2.34. The third-order valence-corrected chi connectivity index (χ3v) is 4.81. The minimum Gasteiger partial charge on any atom is -0.464 e. The van der Waals surface area contributed by atoms with Gasteiger partial charge in [0, 0.05) is 8.96 Å². The largest absolute Gasteiger partial charge is 0.464 e. The Balaban J connectivity index is 2.43. The topological polar surface area (TPSA) is 39.2 Å². The van der Waals surface area contributed by atoms with Crippen molar-refractivity contribution in [2.75, 3.05) is 7.11 Å². The Bertz CT molecular complexity index is 640. The lowest BCUT2D eigenvalue weighted by molar-refractivity contribution is 0.0593. The minimum atomic E-state index is -0.343. The Hall–Kier alpha value is -1.17. The molecule has 4 heteroatoms. The molecule has 0 saturated carbocycles. The maximum Gasteiger partial charge on any atom is 0.356 e. The molecule has 0 amide bonds. The minimum absolute atomic E-state index is 0.343. The molecule has 0 atom stereocenters. The highest BCUT2D eigenvalue weighted by Gasteiger charge is 2.19. The molecular weight excluding hydrogens is 377 g/mol. The highest BCUT2D eigenvalue weighted by atomic mass is 127. The monoisotopic (exact) mass is 397 g/mol. The standard InChI is InChI=1S/C17H20INO2/c1-3-4-5-6-10-13-15(18)12-9-7-8-11-14(12)19-16(13)17(20)21-2/h7-9,11H,3-6,10H2,1-2H3. The van der Waals surface area contributed by atoms with E-state index in [0.29, 0.717) is 5.69 Å². The molecule has 0 saturated heterocycles. The molecule has 1 aromatic carbocycles. The van der Waals surface area contributed by atoms with Gasteiger partial charge in [-0.2, -0.15) is 0 Å². The first-order chi connectivity index (χ1) is 10.2. The number of nitrogens with zero attached hydrogens (tertiary/aromatic N) is 1. The van der Waals surface area contributed by atoms with Gasteiger partial charge in [0.1, 0.15) is 0 Å². The summed E-state index contributed by atoms with van der Waals surface area (Å²) in [4.78, 5) is 16.6. The Kier molecular flexibility index (Phi) is 5.96. The fraction of sp³-hybridized carbons (Fsp3) is 0.412. The third kappa shape index (κ3) is 3.73. The molecule has 0 bridgehead atoms. The normalized spacial score (nSPS) is 10.8. The molecule has 112 valence electrons. The molecule has 3 nitrogen and oxygen atoms in total. The van der Waals surface area contributed by atoms with Gasteiger partial charge in [0.2, 0.25) is 0 Å². The Labute approximate surface area is 139 Å². The summed E-state index contributed by atoms with van der Waals surface area (Å²) < 4.78 is 6.02. The lowest BCUT2D eigenvalue weighted by Crippen LogP contribution is -2.11. The van der Waals surface area contributed by atoms with Gasteiger partial charge in [-0.25, -0.2) is 9.78 Å². The molecule has 0 unspecified atom stereocenters. The molecular formula is C17H20INO2. The van der Waals surface area contributed by atoms with Crippen molar-refractivity contribution in [1.29, 1.82) is 0 Å². The van der Waals surface area contributed by atoms with E-state index in [4.69, 9.17) is 4.74 Å². The number of hydrogen-bond donors (Lipinski definition) is 0. The molecule has 2 rings (SSSR count). The van der Waals surface area contributed by atoms with Crippen LogP contribution in [0.5, 0.6) is 0 Å². The molecule has 0 radical (unpaired) electrons. The van der Waals surface area contributed by atoms with Crippen LogP contribution in [0, 0.1) is 3.57 Å². The molecule has 21 heavy (non-hydrogen) atoms. The average Bonchev–Trinajstić information content (AvgIpc) is 2.52. The number of hydrogen-bond acceptors (Lipinski definition) is 3. The van der Waals surface area contributed by atoms with Crippen LogP contribution in [0.2, 0.25) is 0 Å². The molecule has 2 aromatic rings. The van der Waals surface area contributed by atoms with E-state index < -0.39 is 0 Å². The van der Waals surface area contributed by atoms with Crippen molar-refractivity contribution in [2.45, 2.75) is 39.0 Å². The van der Waals surface area contributed by atoms with Gasteiger partial charge in [0.05, 0.1) is 12.6 Å². The van der Waals surface area contributed by atoms with Crippen molar-refractivity contribution in [3.63, 3.8) is 0 Å². The van der Waals surface area contributed by atoms with Gasteiger partial charge >= 0.3 is 5.97 Å². The van der Waals surface area contributed by atoms with Gasteiger partial charge in [-0.3, -0.25) is 0 Å². The van der Waals surface area contributed by atoms with Crippen molar-refractivity contribution in [3.05, 3.63) is 39.1 Å². The number of unbranched alkanes of at least 4 members (excludes halogenated alkanes) is 3. The number of rotatable bonds is 6. The van der Waals surface area contributed by atoms with E-state index in [1.54, 1.807) is 0 Å². The molecule has 0 aliphatic rings. The van der Waals surface area contributed by atoms with Crippen molar-refractivity contribution in [3.8, 4) is 0 Å². The zero-order chi connectivity index (χ0) is 15.2. The summed E-state index contributed by atoms with van der Waals surface area (Å²) in [6.07, 6.45) is 5.57. The first-order valence-electron chi connectivity index (χ1n) is 7.34. The molecule has 0 spiro atoms. The van der Waals surface area contributed by atoms with Crippen LogP contribution in [-0.4, -0.2) is 18.1 Å². The molecule has 1 aromatic heterocycles. The number of aromatic nitrogens is 1. The van der Waals surface area contributed by atoms with Crippen LogP contribution >= 0.6 is 22.6 Å². The fourth-order valence-corrected chi connectivity index (χ4v) is 3.41. The number of pyridine rings is 1. The second kappa shape index (κ2) is 7.73. The van der Waals surface area contributed by atoms with Crippen LogP contribution in [-0.2, 0) is 11.2 Å². The van der Waals surface area contributed by atoms with Crippen molar-refractivity contribution >= 4 is 39.5 Å². The predicted octanol–water partition coefficient (Wildman–Crippen LogP) is 4.75. The van der Waals surface area contributed by atoms with E-state index in [9.17, 15) is 4.79 Å². The quantitative estimate of drug-likeness (QED) is 0.401. The zero-order valence-electron chi connectivity index (χ0n) is 12.5. The van der Waals surface area contributed by atoms with Crippen molar-refractivity contribution in [1.82, 2.24) is 4.98 Å². The number of carbonyl (C=O) groups excluding carboxylic acids is 1. The van der Waals surface area contributed by atoms with E-state index in [0.717, 1.165) is 32.9 Å². The second-order valence-corrected chi connectivity index (χ2v) is 6.15. The van der Waals surface area contributed by atoms with Gasteiger partial charge in [0.15, 0.2) is 5.69 Å². The Morgan fingerprint density at radius 1 is 1.24 bits per heavy atom. The lowest BCUT2D eigenvalue weighted by atomic mass is 10.0. The number of halogens is 1. The number of methoxy groups -OCH3 is 1. The number of ether oxygens (including phenoxy) is 1. The van der Waals surface area contributed by atoms with Crippen LogP contribution in [0.25, 0.3) is 10.9 Å². The number of esters is 1. The number of para-hydroxylation sites is 1. The Morgan fingerprint density at radius 2 is 2.00 bits per heavy atom. The van der Waals surface area contributed by atoms with Gasteiger partial charge in [-0.05, 0) is 47.1 Å². The molecule has 1 heterocycles. The van der Waals surface area contributed by atoms with Crippen LogP contribution in [0.1, 0.15) is 48.7 Å². The summed E-state index contributed by atoms with van der Waals surface area (Å²) in [6, 6.07) is 7.93. The van der Waals surface area contributed by atoms with Crippen molar-refractivity contribution < 1.29 is 9.53 Å². The SMILES string of the molecule is CCCCCCc1c(C(=O)OC)nc2ccccc2c1I. The van der Waals surface area contributed by atoms with E-state index >= 15 is 0 Å². The predicted molar refractivity (Wildman–Crippen MR) is 93.6 cm³/mol. The van der Waals surface area contributed by atoms with E-state index in [1.807, 2.05) is 18.2 Å². The van der Waals surface area contributed by atoms with Gasteiger partial charge in [-0.15, -0.1) is 0 Å². The van der Waals surface area contributed by atoms with Gasteiger partial charge in [-0.1, -0.05) is 44.4 Å². The molecule has 0 aliphatic heterocycles. The van der Waals surface area contributed by atoms with Gasteiger partial charge < -0.3 is 4.74 Å². The lowest BCUT2D eigenvalue weighted by Gasteiger charge is -2.12. The van der Waals surface area contributed by atoms with Gasteiger partial charge in [0.25, 0.3) is 0 Å². The molecule has 0 fully saturated rings. The highest BCUT2D eigenvalue weighted by Crippen LogP contribution is 2.27. The van der Waals surface area contributed by atoms with Crippen LogP contribution in [0.15, 0.2) is 24.3 Å². The summed E-state index contributed by atoms with van der Waals surface area (Å²) >= 11 is 2.33. The fourth-order valence-electron chi connectivity index (χ4n) is 2.43. The van der Waals surface area contributed by atoms with Crippen molar-refractivity contribution in [2.24, 2.45) is 0 Å². The second-order valence-electron chi connectivity index (χ2n) is 5.07. The average molecular weight is 397 g/mol. The number of benzene rings is 1. The first-order valence-corrected chi connectivity index (χ1v) is 8.42. The van der Waals surface area contributed by atoms with Crippen LogP contribution in [0.3, 0.4) is 0 Å². The number of carbonyl (C=O) groups is 1. The smallest absolute Gasteiger partial charge is 0.356 e. The number of fused-ring (bicyclic) bond motifs is 1. The third-order valence-electron chi connectivity index (χ3n) is 3.58. The van der Waals surface area contributed by atoms with Crippen LogP contribution in [0.4, 0.5) is 0 Å². The Morgan fingerprint density at radius 3 is 2.71 bits per heavy atom. The van der Waals surface area contributed by atoms with Crippen LogP contribution < -0.4 is 0 Å². The summed E-state index contributed by atoms with van der Waals surface area (Å²) in [5, 5.41) is 1.11. The first kappa shape index (κ1) is 16.2. The summed E-state index contributed by atoms with van der Waals surface area (Å²) in [6.45, 7) is 2.20. The summed E-state index contributed by atoms with van der Waals surface area (Å²) in [5.74, 6) is -0.343. The van der Waals surface area contributed by atoms with E-state index in [2.05, 4.69) is 40.6 Å². The van der Waals surface area contributed by atoms with E-state index in [1.165, 1.54) is 26.4 Å². The maximum atomic E-state index is 12.0. The molecule has 0 aliphatic carbocycles. The zero-order valence-corrected chi connectivity index (χ0v) is 14.6. The van der Waals surface area contributed by atoms with E-state index in [-0.39, 0.29) is 5.97 Å².